The van der Waals surface area contributed by atoms with Gasteiger partial charge in [0.05, 0.1) is 5.39 Å². The van der Waals surface area contributed by atoms with E-state index in [2.05, 4.69) is 4.90 Å². The molecule has 0 saturated carbocycles. The van der Waals surface area contributed by atoms with Gasteiger partial charge in [-0.25, -0.2) is 0 Å². The van der Waals surface area contributed by atoms with E-state index in [1.54, 1.807) is 12.1 Å². The lowest BCUT2D eigenvalue weighted by atomic mass is 10.0. The fraction of sp³-hybridized carbons (Fsp3) is 0.160. The summed E-state index contributed by atoms with van der Waals surface area (Å²) in [6, 6.07) is 20.9. The largest absolute Gasteiger partial charge is 0.507 e. The minimum Gasteiger partial charge on any atom is -0.507 e. The number of ketones is 1. The number of phenolic OH excluding ortho intramolecular Hbond substituents is 1. The van der Waals surface area contributed by atoms with Crippen molar-refractivity contribution in [3.05, 3.63) is 89.2 Å². The van der Waals surface area contributed by atoms with Crippen LogP contribution in [0.1, 0.15) is 27.2 Å². The summed E-state index contributed by atoms with van der Waals surface area (Å²) >= 11 is 0. The number of aryl methyl sites for hydroxylation is 1. The standard InChI is InChI=1S/C25H23NO3/c1-16-23-21(27)13-20(18-9-5-4-6-10-18)14-22(23)29-25(16)24(28)19-11-7-8-17(12-19)15-26(2)3/h4-14,27H,15H2,1-3H3. The summed E-state index contributed by atoms with van der Waals surface area (Å²) in [5.41, 5.74) is 4.62. The maximum absolute atomic E-state index is 13.2. The van der Waals surface area contributed by atoms with Gasteiger partial charge in [-0.1, -0.05) is 48.5 Å². The van der Waals surface area contributed by atoms with Gasteiger partial charge in [-0.2, -0.15) is 0 Å². The highest BCUT2D eigenvalue weighted by Gasteiger charge is 2.22. The summed E-state index contributed by atoms with van der Waals surface area (Å²) in [5.74, 6) is 0.200. The number of hydrogen-bond acceptors (Lipinski definition) is 4. The van der Waals surface area contributed by atoms with Crippen LogP contribution < -0.4 is 0 Å². The molecule has 4 nitrogen and oxygen atoms in total. The minimum absolute atomic E-state index is 0.114. The molecule has 0 atom stereocenters. The monoisotopic (exact) mass is 385 g/mol. The molecule has 4 aromatic rings. The molecule has 4 heteroatoms. The van der Waals surface area contributed by atoms with Gasteiger partial charge in [-0.3, -0.25) is 4.79 Å². The first-order valence-electron chi connectivity index (χ1n) is 9.54. The lowest BCUT2D eigenvalue weighted by Crippen LogP contribution is -2.11. The quantitative estimate of drug-likeness (QED) is 0.467. The van der Waals surface area contributed by atoms with Gasteiger partial charge in [0.1, 0.15) is 11.3 Å². The zero-order valence-corrected chi connectivity index (χ0v) is 16.8. The number of benzene rings is 3. The molecule has 0 radical (unpaired) electrons. The molecule has 1 aromatic heterocycles. The van der Waals surface area contributed by atoms with E-state index >= 15 is 0 Å². The van der Waals surface area contributed by atoms with Crippen molar-refractivity contribution in [1.82, 2.24) is 4.90 Å². The van der Waals surface area contributed by atoms with E-state index in [1.165, 1.54) is 0 Å². The average molecular weight is 385 g/mol. The second kappa shape index (κ2) is 7.57. The molecular formula is C25H23NO3. The Balaban J connectivity index is 1.78. The summed E-state index contributed by atoms with van der Waals surface area (Å²) in [6.07, 6.45) is 0. The summed E-state index contributed by atoms with van der Waals surface area (Å²) < 4.78 is 5.96. The number of hydrogen-bond donors (Lipinski definition) is 1. The SMILES string of the molecule is Cc1c(C(=O)c2cccc(CN(C)C)c2)oc2cc(-c3ccccc3)cc(O)c12. The Labute approximate surface area is 170 Å². The molecule has 0 aliphatic rings. The van der Waals surface area contributed by atoms with Crippen LogP contribution in [0.4, 0.5) is 0 Å². The molecular weight excluding hydrogens is 362 g/mol. The summed E-state index contributed by atoms with van der Waals surface area (Å²) in [5, 5.41) is 11.2. The first-order chi connectivity index (χ1) is 13.9. The van der Waals surface area contributed by atoms with Gasteiger partial charge in [0, 0.05) is 17.7 Å². The van der Waals surface area contributed by atoms with Crippen LogP contribution in [0, 0.1) is 6.92 Å². The highest BCUT2D eigenvalue weighted by Crippen LogP contribution is 2.37. The summed E-state index contributed by atoms with van der Waals surface area (Å²) in [4.78, 5) is 15.2. The third-order valence-corrected chi connectivity index (χ3v) is 5.01. The lowest BCUT2D eigenvalue weighted by Gasteiger charge is -2.10. The average Bonchev–Trinajstić information content (AvgIpc) is 3.04. The first-order valence-corrected chi connectivity index (χ1v) is 9.54. The van der Waals surface area contributed by atoms with Crippen LogP contribution in [-0.2, 0) is 6.54 Å². The van der Waals surface area contributed by atoms with Crippen LogP contribution in [-0.4, -0.2) is 29.9 Å². The highest BCUT2D eigenvalue weighted by molar-refractivity contribution is 6.11. The maximum Gasteiger partial charge on any atom is 0.228 e. The Morgan fingerprint density at radius 3 is 2.45 bits per heavy atom. The Bertz CT molecular complexity index is 1190. The Morgan fingerprint density at radius 1 is 0.966 bits per heavy atom. The molecule has 0 amide bonds. The zero-order valence-electron chi connectivity index (χ0n) is 16.8. The second-order valence-electron chi connectivity index (χ2n) is 7.56. The number of phenols is 1. The first kappa shape index (κ1) is 19.0. The van der Waals surface area contributed by atoms with E-state index in [4.69, 9.17) is 4.42 Å². The molecule has 0 unspecified atom stereocenters. The zero-order chi connectivity index (χ0) is 20.5. The molecule has 0 aliphatic heterocycles. The lowest BCUT2D eigenvalue weighted by molar-refractivity contribution is 0.101. The third kappa shape index (κ3) is 3.67. The van der Waals surface area contributed by atoms with E-state index in [9.17, 15) is 9.90 Å². The van der Waals surface area contributed by atoms with Crippen LogP contribution in [0.5, 0.6) is 5.75 Å². The number of fused-ring (bicyclic) bond motifs is 1. The fourth-order valence-corrected chi connectivity index (χ4v) is 3.68. The van der Waals surface area contributed by atoms with Gasteiger partial charge in [0.15, 0.2) is 5.76 Å². The van der Waals surface area contributed by atoms with E-state index in [1.807, 2.05) is 75.6 Å². The predicted molar refractivity (Wildman–Crippen MR) is 115 cm³/mol. The van der Waals surface area contributed by atoms with Crippen molar-refractivity contribution in [2.24, 2.45) is 0 Å². The maximum atomic E-state index is 13.2. The minimum atomic E-state index is -0.181. The molecule has 29 heavy (non-hydrogen) atoms. The molecule has 0 bridgehead atoms. The smallest absolute Gasteiger partial charge is 0.228 e. The van der Waals surface area contributed by atoms with Crippen molar-refractivity contribution in [2.75, 3.05) is 14.1 Å². The molecule has 0 aliphatic carbocycles. The molecule has 146 valence electrons. The van der Waals surface area contributed by atoms with Crippen LogP contribution >= 0.6 is 0 Å². The molecule has 1 N–H and O–H groups in total. The van der Waals surface area contributed by atoms with Gasteiger partial charge in [0.25, 0.3) is 0 Å². The topological polar surface area (TPSA) is 53.7 Å². The molecule has 3 aromatic carbocycles. The van der Waals surface area contributed by atoms with Crippen molar-refractivity contribution in [2.45, 2.75) is 13.5 Å². The van der Waals surface area contributed by atoms with Crippen LogP contribution in [0.3, 0.4) is 0 Å². The van der Waals surface area contributed by atoms with Gasteiger partial charge in [-0.15, -0.1) is 0 Å². The summed E-state index contributed by atoms with van der Waals surface area (Å²) in [6.45, 7) is 2.56. The van der Waals surface area contributed by atoms with E-state index < -0.39 is 0 Å². The van der Waals surface area contributed by atoms with E-state index in [-0.39, 0.29) is 17.3 Å². The molecule has 1 heterocycles. The van der Waals surface area contributed by atoms with Gasteiger partial charge in [-0.05, 0) is 55.9 Å². The van der Waals surface area contributed by atoms with Crippen molar-refractivity contribution in [1.29, 1.82) is 0 Å². The number of rotatable bonds is 5. The second-order valence-corrected chi connectivity index (χ2v) is 7.56. The van der Waals surface area contributed by atoms with Crippen LogP contribution in [0.2, 0.25) is 0 Å². The van der Waals surface area contributed by atoms with Crippen molar-refractivity contribution in [3.63, 3.8) is 0 Å². The van der Waals surface area contributed by atoms with Gasteiger partial charge < -0.3 is 14.4 Å². The molecule has 0 spiro atoms. The number of carbonyl (C=O) groups is 1. The normalized spacial score (nSPS) is 11.3. The number of carbonyl (C=O) groups excluding carboxylic acids is 1. The predicted octanol–water partition coefficient (Wildman–Crippen LogP) is 5.41. The summed E-state index contributed by atoms with van der Waals surface area (Å²) in [7, 11) is 3.98. The number of aromatic hydroxyl groups is 1. The Kier molecular flexibility index (Phi) is 4.95. The highest BCUT2D eigenvalue weighted by atomic mass is 16.3. The third-order valence-electron chi connectivity index (χ3n) is 5.01. The van der Waals surface area contributed by atoms with Crippen molar-refractivity contribution < 1.29 is 14.3 Å². The van der Waals surface area contributed by atoms with Crippen molar-refractivity contribution in [3.8, 4) is 16.9 Å². The van der Waals surface area contributed by atoms with E-state index in [0.717, 1.165) is 23.2 Å². The molecule has 0 saturated heterocycles. The van der Waals surface area contributed by atoms with Crippen molar-refractivity contribution >= 4 is 16.8 Å². The number of nitrogens with zero attached hydrogens (tertiary/aromatic N) is 1. The molecule has 4 rings (SSSR count). The molecule has 0 fully saturated rings. The Hall–Kier alpha value is -3.37. The van der Waals surface area contributed by atoms with Gasteiger partial charge in [0.2, 0.25) is 5.78 Å². The Morgan fingerprint density at radius 2 is 1.72 bits per heavy atom. The number of furan rings is 1. The fourth-order valence-electron chi connectivity index (χ4n) is 3.68. The van der Waals surface area contributed by atoms with E-state index in [0.29, 0.717) is 22.1 Å². The van der Waals surface area contributed by atoms with Crippen LogP contribution in [0.15, 0.2) is 71.1 Å². The van der Waals surface area contributed by atoms with Gasteiger partial charge >= 0.3 is 0 Å². The van der Waals surface area contributed by atoms with Crippen LogP contribution in [0.25, 0.3) is 22.1 Å².